The molecule has 6 nitrogen and oxygen atoms in total. The summed E-state index contributed by atoms with van der Waals surface area (Å²) in [6.45, 7) is 0. The van der Waals surface area contributed by atoms with Crippen molar-refractivity contribution in [3.63, 3.8) is 0 Å². The van der Waals surface area contributed by atoms with Crippen LogP contribution >= 0.6 is 11.3 Å². The number of thiazole rings is 1. The average Bonchev–Trinajstić information content (AvgIpc) is 2.84. The van der Waals surface area contributed by atoms with Crippen LogP contribution in [-0.4, -0.2) is 25.4 Å². The Hall–Kier alpha value is -2.28. The number of aromatic nitrogens is 1. The summed E-state index contributed by atoms with van der Waals surface area (Å²) in [5.41, 5.74) is 9.20. The average molecular weight is 278 g/mol. The van der Waals surface area contributed by atoms with Gasteiger partial charge in [-0.05, 0) is 23.8 Å². The van der Waals surface area contributed by atoms with Gasteiger partial charge in [0.2, 0.25) is 5.13 Å². The van der Waals surface area contributed by atoms with Crippen LogP contribution < -0.4 is 20.6 Å². The maximum Gasteiger partial charge on any atom is 0.205 e. The van der Waals surface area contributed by atoms with Crippen LogP contribution in [0.4, 0.5) is 10.9 Å². The first-order valence-corrected chi connectivity index (χ1v) is 6.33. The van der Waals surface area contributed by atoms with Gasteiger partial charge in [0.05, 0.1) is 20.4 Å². The number of nitrogen functional groups attached to an aromatic ring is 1. The van der Waals surface area contributed by atoms with Gasteiger partial charge in [-0.15, -0.1) is 11.3 Å². The molecule has 0 bridgehead atoms. The first kappa shape index (κ1) is 13.2. The Morgan fingerprint density at radius 1 is 1.32 bits per heavy atom. The maximum atomic E-state index is 5.51. The van der Waals surface area contributed by atoms with Crippen molar-refractivity contribution in [3.8, 4) is 11.5 Å². The van der Waals surface area contributed by atoms with Gasteiger partial charge in [-0.1, -0.05) is 0 Å². The van der Waals surface area contributed by atoms with E-state index < -0.39 is 0 Å². The highest BCUT2D eigenvalue weighted by atomic mass is 32.1. The lowest BCUT2D eigenvalue weighted by Gasteiger charge is -2.07. The van der Waals surface area contributed by atoms with Gasteiger partial charge < -0.3 is 15.2 Å². The highest BCUT2D eigenvalue weighted by molar-refractivity contribution is 7.14. The lowest BCUT2D eigenvalue weighted by Crippen LogP contribution is -1.94. The summed E-state index contributed by atoms with van der Waals surface area (Å²) < 4.78 is 10.4. The topological polar surface area (TPSA) is 81.8 Å². The zero-order valence-corrected chi connectivity index (χ0v) is 11.4. The van der Waals surface area contributed by atoms with Gasteiger partial charge in [0.1, 0.15) is 5.82 Å². The quantitative estimate of drug-likeness (QED) is 0.647. The van der Waals surface area contributed by atoms with Gasteiger partial charge in [-0.2, -0.15) is 5.10 Å². The molecule has 100 valence electrons. The van der Waals surface area contributed by atoms with Crippen molar-refractivity contribution < 1.29 is 9.47 Å². The molecule has 19 heavy (non-hydrogen) atoms. The summed E-state index contributed by atoms with van der Waals surface area (Å²) in [7, 11) is 3.19. The van der Waals surface area contributed by atoms with E-state index in [1.807, 2.05) is 18.2 Å². The summed E-state index contributed by atoms with van der Waals surface area (Å²) in [6.07, 6.45) is 1.67. The highest BCUT2D eigenvalue weighted by Crippen LogP contribution is 2.26. The van der Waals surface area contributed by atoms with E-state index in [0.717, 1.165) is 5.56 Å². The molecule has 7 heteroatoms. The lowest BCUT2D eigenvalue weighted by atomic mass is 10.2. The van der Waals surface area contributed by atoms with E-state index in [-0.39, 0.29) is 0 Å². The molecule has 1 heterocycles. The number of benzene rings is 1. The molecule has 3 N–H and O–H groups in total. The Kier molecular flexibility index (Phi) is 4.19. The summed E-state index contributed by atoms with van der Waals surface area (Å²) in [5, 5.41) is 6.47. The van der Waals surface area contributed by atoms with Gasteiger partial charge in [-0.3, -0.25) is 5.43 Å². The molecule has 0 aliphatic rings. The Labute approximate surface area is 114 Å². The zero-order chi connectivity index (χ0) is 13.7. The predicted molar refractivity (Wildman–Crippen MR) is 77.3 cm³/mol. The molecule has 2 rings (SSSR count). The molecule has 0 saturated heterocycles. The standard InChI is InChI=1S/C12H14N4O2S/c1-17-9-4-3-8(5-10(9)18-2)6-14-16-12-15-11(13)7-19-12/h3-7H,13H2,1-2H3,(H,15,16). The van der Waals surface area contributed by atoms with Crippen molar-refractivity contribution in [2.75, 3.05) is 25.4 Å². The van der Waals surface area contributed by atoms with Crippen molar-refractivity contribution in [3.05, 3.63) is 29.1 Å². The molecular formula is C12H14N4O2S. The number of ether oxygens (including phenoxy) is 2. The number of hydrogen-bond acceptors (Lipinski definition) is 7. The molecule has 0 fully saturated rings. The van der Waals surface area contributed by atoms with Crippen molar-refractivity contribution in [1.82, 2.24) is 4.98 Å². The van der Waals surface area contributed by atoms with Crippen molar-refractivity contribution in [2.24, 2.45) is 5.10 Å². The van der Waals surface area contributed by atoms with Gasteiger partial charge in [0.25, 0.3) is 0 Å². The zero-order valence-electron chi connectivity index (χ0n) is 10.6. The minimum absolute atomic E-state index is 0.480. The van der Waals surface area contributed by atoms with Gasteiger partial charge >= 0.3 is 0 Å². The van der Waals surface area contributed by atoms with Crippen molar-refractivity contribution in [2.45, 2.75) is 0 Å². The summed E-state index contributed by atoms with van der Waals surface area (Å²) in [6, 6.07) is 5.53. The smallest absolute Gasteiger partial charge is 0.205 e. The van der Waals surface area contributed by atoms with Crippen LogP contribution in [0.2, 0.25) is 0 Å². The first-order valence-electron chi connectivity index (χ1n) is 5.45. The number of hydrazone groups is 1. The Morgan fingerprint density at radius 2 is 2.11 bits per heavy atom. The minimum Gasteiger partial charge on any atom is -0.493 e. The number of nitrogens with one attached hydrogen (secondary N) is 1. The molecule has 0 atom stereocenters. The second kappa shape index (κ2) is 6.05. The highest BCUT2D eigenvalue weighted by Gasteiger charge is 2.03. The van der Waals surface area contributed by atoms with E-state index >= 15 is 0 Å². The summed E-state index contributed by atoms with van der Waals surface area (Å²) >= 11 is 1.39. The molecule has 0 saturated carbocycles. The summed E-state index contributed by atoms with van der Waals surface area (Å²) in [4.78, 5) is 4.03. The molecule has 0 radical (unpaired) electrons. The van der Waals surface area contributed by atoms with Crippen LogP contribution in [0, 0.1) is 0 Å². The van der Waals surface area contributed by atoms with E-state index in [4.69, 9.17) is 15.2 Å². The Bertz CT molecular complexity index is 583. The number of nitrogens with two attached hydrogens (primary N) is 1. The van der Waals surface area contributed by atoms with E-state index in [1.165, 1.54) is 11.3 Å². The number of rotatable bonds is 5. The number of anilines is 2. The van der Waals surface area contributed by atoms with Crippen LogP contribution in [0.3, 0.4) is 0 Å². The van der Waals surface area contributed by atoms with Crippen LogP contribution in [0.25, 0.3) is 0 Å². The molecule has 0 spiro atoms. The van der Waals surface area contributed by atoms with E-state index in [0.29, 0.717) is 22.4 Å². The fourth-order valence-corrected chi connectivity index (χ4v) is 1.98. The Balaban J connectivity index is 2.06. The van der Waals surface area contributed by atoms with Gasteiger partial charge in [-0.25, -0.2) is 4.98 Å². The third-order valence-electron chi connectivity index (χ3n) is 2.30. The van der Waals surface area contributed by atoms with E-state index in [9.17, 15) is 0 Å². The fourth-order valence-electron chi connectivity index (χ4n) is 1.43. The second-order valence-electron chi connectivity index (χ2n) is 3.56. The maximum absolute atomic E-state index is 5.51. The van der Waals surface area contributed by atoms with Crippen LogP contribution in [-0.2, 0) is 0 Å². The normalized spacial score (nSPS) is 10.6. The van der Waals surface area contributed by atoms with Crippen molar-refractivity contribution >= 4 is 28.5 Å². The molecule has 1 aromatic carbocycles. The lowest BCUT2D eigenvalue weighted by molar-refractivity contribution is 0.355. The van der Waals surface area contributed by atoms with E-state index in [2.05, 4.69) is 15.5 Å². The number of nitrogens with zero attached hydrogens (tertiary/aromatic N) is 2. The number of methoxy groups -OCH3 is 2. The molecule has 0 aliphatic heterocycles. The van der Waals surface area contributed by atoms with Gasteiger partial charge in [0.15, 0.2) is 11.5 Å². The van der Waals surface area contributed by atoms with Gasteiger partial charge in [0, 0.05) is 5.38 Å². The molecule has 0 aliphatic carbocycles. The van der Waals surface area contributed by atoms with Crippen molar-refractivity contribution in [1.29, 1.82) is 0 Å². The summed E-state index contributed by atoms with van der Waals surface area (Å²) in [5.74, 6) is 1.82. The fraction of sp³-hybridized carbons (Fsp3) is 0.167. The SMILES string of the molecule is COc1ccc(C=NNc2nc(N)cs2)cc1OC. The third kappa shape index (κ3) is 3.35. The molecule has 1 aromatic heterocycles. The van der Waals surface area contributed by atoms with Crippen LogP contribution in [0.1, 0.15) is 5.56 Å². The minimum atomic E-state index is 0.480. The monoisotopic (exact) mass is 278 g/mol. The van der Waals surface area contributed by atoms with Crippen LogP contribution in [0.15, 0.2) is 28.7 Å². The van der Waals surface area contributed by atoms with E-state index in [1.54, 1.807) is 25.8 Å². The third-order valence-corrected chi connectivity index (χ3v) is 3.07. The molecular weight excluding hydrogens is 264 g/mol. The van der Waals surface area contributed by atoms with Crippen LogP contribution in [0.5, 0.6) is 11.5 Å². The first-order chi connectivity index (χ1) is 9.22. The largest absolute Gasteiger partial charge is 0.493 e. The Morgan fingerprint density at radius 3 is 2.74 bits per heavy atom. The molecule has 0 unspecified atom stereocenters. The number of hydrogen-bond donors (Lipinski definition) is 2. The molecule has 2 aromatic rings. The predicted octanol–water partition coefficient (Wildman–Crippen LogP) is 2.19. The molecule has 0 amide bonds. The second-order valence-corrected chi connectivity index (χ2v) is 4.42.